The maximum absolute atomic E-state index is 13.6. The molecule has 21 heavy (non-hydrogen) atoms. The molecule has 2 aromatic carbocycles. The van der Waals surface area contributed by atoms with Gasteiger partial charge in [-0.2, -0.15) is 0 Å². The first-order valence-corrected chi connectivity index (χ1v) is 8.74. The maximum Gasteiger partial charge on any atom is 0.263 e. The topological polar surface area (TPSA) is 66.4 Å². The van der Waals surface area contributed by atoms with E-state index >= 15 is 0 Å². The fourth-order valence-electron chi connectivity index (χ4n) is 1.62. The fraction of sp³-hybridized carbons (Fsp3) is 0.0769. The number of benzene rings is 2. The lowest BCUT2D eigenvalue weighted by atomic mass is 10.2. The molecule has 0 aliphatic rings. The van der Waals surface area contributed by atoms with Gasteiger partial charge in [-0.25, -0.2) is 12.8 Å². The number of halogens is 3. The molecule has 0 aliphatic carbocycles. The van der Waals surface area contributed by atoms with Crippen molar-refractivity contribution in [2.75, 3.05) is 4.72 Å². The second-order valence-electron chi connectivity index (χ2n) is 4.30. The van der Waals surface area contributed by atoms with Gasteiger partial charge in [0.1, 0.15) is 10.6 Å². The van der Waals surface area contributed by atoms with Crippen molar-refractivity contribution in [2.24, 2.45) is 0 Å². The standard InChI is InChI=1S/C13H10Br2FNO3S/c1-7-4-10(15)13(6-9(7)14)21(19,20)17-12-3-2-8(18)5-11(12)16/h2-6,17-18H,1H3. The van der Waals surface area contributed by atoms with Crippen LogP contribution in [-0.4, -0.2) is 13.5 Å². The van der Waals surface area contributed by atoms with E-state index < -0.39 is 15.8 Å². The molecule has 112 valence electrons. The van der Waals surface area contributed by atoms with Gasteiger partial charge in [-0.15, -0.1) is 0 Å². The zero-order valence-corrected chi connectivity index (χ0v) is 14.7. The third-order valence-corrected chi connectivity index (χ3v) is 5.88. The van der Waals surface area contributed by atoms with Crippen LogP contribution in [0.4, 0.5) is 10.1 Å². The molecule has 8 heteroatoms. The fourth-order valence-corrected chi connectivity index (χ4v) is 4.37. The van der Waals surface area contributed by atoms with E-state index in [9.17, 15) is 12.8 Å². The molecular weight excluding hydrogens is 429 g/mol. The monoisotopic (exact) mass is 437 g/mol. The predicted octanol–water partition coefficient (Wildman–Crippen LogP) is 4.17. The van der Waals surface area contributed by atoms with E-state index in [0.717, 1.165) is 17.7 Å². The van der Waals surface area contributed by atoms with E-state index in [1.807, 2.05) is 6.92 Å². The van der Waals surface area contributed by atoms with E-state index in [1.54, 1.807) is 6.07 Å². The van der Waals surface area contributed by atoms with Crippen molar-refractivity contribution in [3.05, 3.63) is 50.7 Å². The molecule has 0 fully saturated rings. The molecular formula is C13H10Br2FNO3S. The van der Waals surface area contributed by atoms with Gasteiger partial charge in [0, 0.05) is 15.0 Å². The summed E-state index contributed by atoms with van der Waals surface area (Å²) >= 11 is 6.45. The van der Waals surface area contributed by atoms with Gasteiger partial charge in [0.15, 0.2) is 5.82 Å². The SMILES string of the molecule is Cc1cc(Br)c(S(=O)(=O)Nc2ccc(O)cc2F)cc1Br. The average Bonchev–Trinajstić information content (AvgIpc) is 2.37. The van der Waals surface area contributed by atoms with Gasteiger partial charge in [0.25, 0.3) is 10.0 Å². The van der Waals surface area contributed by atoms with Crippen molar-refractivity contribution < 1.29 is 17.9 Å². The minimum atomic E-state index is -3.97. The molecule has 0 saturated carbocycles. The number of phenolic OH excluding ortho intramolecular Hbond substituents is 1. The van der Waals surface area contributed by atoms with Crippen LogP contribution in [0, 0.1) is 12.7 Å². The quantitative estimate of drug-likeness (QED) is 0.707. The molecule has 2 N–H and O–H groups in total. The van der Waals surface area contributed by atoms with E-state index in [4.69, 9.17) is 5.11 Å². The highest BCUT2D eigenvalue weighted by Gasteiger charge is 2.20. The highest BCUT2D eigenvalue weighted by Crippen LogP contribution is 2.31. The normalized spacial score (nSPS) is 11.4. The van der Waals surface area contributed by atoms with Crippen LogP contribution in [0.3, 0.4) is 0 Å². The number of nitrogens with one attached hydrogen (secondary N) is 1. The highest BCUT2D eigenvalue weighted by molar-refractivity contribution is 9.11. The minimum absolute atomic E-state index is 0.0209. The first-order chi connectivity index (χ1) is 9.70. The Morgan fingerprint density at radius 1 is 1.14 bits per heavy atom. The molecule has 4 nitrogen and oxygen atoms in total. The number of hydrogen-bond donors (Lipinski definition) is 2. The number of rotatable bonds is 3. The van der Waals surface area contributed by atoms with Gasteiger partial charge >= 0.3 is 0 Å². The molecule has 0 aliphatic heterocycles. The Hall–Kier alpha value is -1.12. The molecule has 0 spiro atoms. The predicted molar refractivity (Wildman–Crippen MR) is 85.5 cm³/mol. The van der Waals surface area contributed by atoms with Crippen LogP contribution in [0.5, 0.6) is 5.75 Å². The van der Waals surface area contributed by atoms with Crippen molar-refractivity contribution in [3.8, 4) is 5.75 Å². The summed E-state index contributed by atoms with van der Waals surface area (Å²) < 4.78 is 41.4. The van der Waals surface area contributed by atoms with Crippen molar-refractivity contribution in [3.63, 3.8) is 0 Å². The summed E-state index contributed by atoms with van der Waals surface area (Å²) in [4.78, 5) is -0.0209. The van der Waals surface area contributed by atoms with E-state index in [2.05, 4.69) is 36.6 Å². The lowest BCUT2D eigenvalue weighted by molar-refractivity contribution is 0.469. The smallest absolute Gasteiger partial charge is 0.263 e. The Morgan fingerprint density at radius 2 is 1.81 bits per heavy atom. The van der Waals surface area contributed by atoms with Crippen LogP contribution in [0.1, 0.15) is 5.56 Å². The molecule has 0 atom stereocenters. The van der Waals surface area contributed by atoms with Gasteiger partial charge in [0.05, 0.1) is 5.69 Å². The molecule has 0 radical (unpaired) electrons. The molecule has 0 bridgehead atoms. The van der Waals surface area contributed by atoms with Gasteiger partial charge in [-0.05, 0) is 52.7 Å². The number of anilines is 1. The van der Waals surface area contributed by atoms with Crippen molar-refractivity contribution in [1.82, 2.24) is 0 Å². The summed E-state index contributed by atoms with van der Waals surface area (Å²) in [5, 5.41) is 9.13. The lowest BCUT2D eigenvalue weighted by Gasteiger charge is -2.12. The second kappa shape index (κ2) is 5.94. The van der Waals surface area contributed by atoms with Gasteiger partial charge in [0.2, 0.25) is 0 Å². The number of phenols is 1. The number of aromatic hydroxyl groups is 1. The first-order valence-electron chi connectivity index (χ1n) is 5.67. The zero-order valence-electron chi connectivity index (χ0n) is 10.7. The summed E-state index contributed by atoms with van der Waals surface area (Å²) in [6.07, 6.45) is 0. The van der Waals surface area contributed by atoms with E-state index in [-0.39, 0.29) is 16.3 Å². The number of aryl methyl sites for hydroxylation is 1. The molecule has 0 unspecified atom stereocenters. The summed E-state index contributed by atoms with van der Waals surface area (Å²) in [5.41, 5.74) is 0.619. The second-order valence-corrected chi connectivity index (χ2v) is 7.66. The summed E-state index contributed by atoms with van der Waals surface area (Å²) in [7, 11) is -3.97. The Kier molecular flexibility index (Phi) is 4.60. The first kappa shape index (κ1) is 16.3. The average molecular weight is 439 g/mol. The Morgan fingerprint density at radius 3 is 2.43 bits per heavy atom. The van der Waals surface area contributed by atoms with Crippen LogP contribution in [0.25, 0.3) is 0 Å². The molecule has 0 saturated heterocycles. The summed E-state index contributed by atoms with van der Waals surface area (Å²) in [5.74, 6) is -1.14. The molecule has 0 aromatic heterocycles. The highest BCUT2D eigenvalue weighted by atomic mass is 79.9. The van der Waals surface area contributed by atoms with Crippen LogP contribution in [-0.2, 0) is 10.0 Å². The minimum Gasteiger partial charge on any atom is -0.508 e. The zero-order chi connectivity index (χ0) is 15.8. The molecule has 0 heterocycles. The van der Waals surface area contributed by atoms with Crippen molar-refractivity contribution >= 4 is 47.6 Å². The summed E-state index contributed by atoms with van der Waals surface area (Å²) in [6.45, 7) is 1.82. The third kappa shape index (κ3) is 3.56. The number of hydrogen-bond acceptors (Lipinski definition) is 3. The van der Waals surface area contributed by atoms with Gasteiger partial charge in [-0.1, -0.05) is 15.9 Å². The van der Waals surface area contributed by atoms with Gasteiger partial charge in [-0.3, -0.25) is 4.72 Å². The van der Waals surface area contributed by atoms with E-state index in [1.165, 1.54) is 12.1 Å². The van der Waals surface area contributed by atoms with E-state index in [0.29, 0.717) is 8.95 Å². The van der Waals surface area contributed by atoms with Gasteiger partial charge < -0.3 is 5.11 Å². The Bertz CT molecular complexity index is 809. The maximum atomic E-state index is 13.6. The number of sulfonamides is 1. The van der Waals surface area contributed by atoms with Crippen LogP contribution in [0.15, 0.2) is 44.2 Å². The Balaban J connectivity index is 2.46. The molecule has 2 rings (SSSR count). The lowest BCUT2D eigenvalue weighted by Crippen LogP contribution is -2.14. The van der Waals surface area contributed by atoms with Crippen molar-refractivity contribution in [2.45, 2.75) is 11.8 Å². The van der Waals surface area contributed by atoms with Crippen LogP contribution in [0.2, 0.25) is 0 Å². The third-order valence-electron chi connectivity index (χ3n) is 2.70. The van der Waals surface area contributed by atoms with Crippen LogP contribution < -0.4 is 4.72 Å². The Labute approximate surface area is 138 Å². The molecule has 2 aromatic rings. The van der Waals surface area contributed by atoms with Crippen molar-refractivity contribution in [1.29, 1.82) is 0 Å². The summed E-state index contributed by atoms with van der Waals surface area (Å²) in [6, 6.07) is 6.25. The largest absolute Gasteiger partial charge is 0.508 e. The molecule has 0 amide bonds. The van der Waals surface area contributed by atoms with Crippen LogP contribution >= 0.6 is 31.9 Å².